The Balaban J connectivity index is 1.92. The van der Waals surface area contributed by atoms with E-state index in [1.165, 1.54) is 25.9 Å². The van der Waals surface area contributed by atoms with Crippen LogP contribution in [0.1, 0.15) is 18.4 Å². The average molecular weight is 257 g/mol. The summed E-state index contributed by atoms with van der Waals surface area (Å²) in [4.78, 5) is 2.46. The quantitative estimate of drug-likeness (QED) is 0.888. The van der Waals surface area contributed by atoms with Gasteiger partial charge in [0.1, 0.15) is 11.5 Å². The number of nitrogens with zero attached hydrogens (tertiary/aromatic N) is 1. The second-order valence-electron chi connectivity index (χ2n) is 5.24. The van der Waals surface area contributed by atoms with Crippen LogP contribution in [0, 0.1) is 0 Å². The highest BCUT2D eigenvalue weighted by atomic mass is 16.3. The molecule has 0 saturated carbocycles. The van der Waals surface area contributed by atoms with Crippen molar-refractivity contribution < 1.29 is 10.2 Å². The SMILES string of the molecule is Oc1ccc(CCN2CCCC2)c2c(O)cccc12. The van der Waals surface area contributed by atoms with E-state index >= 15 is 0 Å². The highest BCUT2D eigenvalue weighted by Gasteiger charge is 2.13. The summed E-state index contributed by atoms with van der Waals surface area (Å²) >= 11 is 0. The van der Waals surface area contributed by atoms with E-state index in [1.807, 2.05) is 12.1 Å². The third kappa shape index (κ3) is 2.38. The number of hydrogen-bond acceptors (Lipinski definition) is 3. The fraction of sp³-hybridized carbons (Fsp3) is 0.375. The molecular formula is C16H19NO2. The third-order valence-electron chi connectivity index (χ3n) is 3.98. The minimum atomic E-state index is 0.232. The van der Waals surface area contributed by atoms with Crippen molar-refractivity contribution in [2.24, 2.45) is 0 Å². The number of benzene rings is 2. The first-order chi connectivity index (χ1) is 9.25. The van der Waals surface area contributed by atoms with E-state index < -0.39 is 0 Å². The van der Waals surface area contributed by atoms with Crippen LogP contribution in [0.4, 0.5) is 0 Å². The predicted molar refractivity (Wildman–Crippen MR) is 76.7 cm³/mol. The molecule has 2 aromatic rings. The van der Waals surface area contributed by atoms with Gasteiger partial charge in [-0.05, 0) is 50.0 Å². The fourth-order valence-electron chi connectivity index (χ4n) is 2.94. The normalized spacial score (nSPS) is 16.2. The van der Waals surface area contributed by atoms with Crippen molar-refractivity contribution in [3.63, 3.8) is 0 Å². The van der Waals surface area contributed by atoms with Gasteiger partial charge in [0.25, 0.3) is 0 Å². The molecule has 1 aliphatic rings. The Morgan fingerprint density at radius 3 is 2.53 bits per heavy atom. The van der Waals surface area contributed by atoms with Crippen LogP contribution in [-0.2, 0) is 6.42 Å². The highest BCUT2D eigenvalue weighted by Crippen LogP contribution is 2.34. The molecule has 0 atom stereocenters. The van der Waals surface area contributed by atoms with Crippen LogP contribution in [-0.4, -0.2) is 34.7 Å². The molecule has 3 rings (SSSR count). The van der Waals surface area contributed by atoms with Gasteiger partial charge in [0.15, 0.2) is 0 Å². The zero-order valence-electron chi connectivity index (χ0n) is 11.0. The van der Waals surface area contributed by atoms with E-state index in [0.717, 1.165) is 29.3 Å². The lowest BCUT2D eigenvalue weighted by Crippen LogP contribution is -2.21. The number of rotatable bonds is 3. The van der Waals surface area contributed by atoms with Crippen LogP contribution in [0.5, 0.6) is 11.5 Å². The zero-order valence-corrected chi connectivity index (χ0v) is 11.0. The lowest BCUT2D eigenvalue weighted by molar-refractivity contribution is 0.344. The predicted octanol–water partition coefficient (Wildman–Crippen LogP) is 2.89. The number of hydrogen-bond donors (Lipinski definition) is 2. The minimum Gasteiger partial charge on any atom is -0.507 e. The van der Waals surface area contributed by atoms with Crippen molar-refractivity contribution in [2.45, 2.75) is 19.3 Å². The average Bonchev–Trinajstić information content (AvgIpc) is 2.92. The zero-order chi connectivity index (χ0) is 13.2. The molecule has 100 valence electrons. The maximum atomic E-state index is 10.0. The molecule has 0 amide bonds. The fourth-order valence-corrected chi connectivity index (χ4v) is 2.94. The first kappa shape index (κ1) is 12.3. The highest BCUT2D eigenvalue weighted by molar-refractivity contribution is 5.95. The maximum absolute atomic E-state index is 10.0. The summed E-state index contributed by atoms with van der Waals surface area (Å²) in [6.45, 7) is 3.39. The monoisotopic (exact) mass is 257 g/mol. The summed E-state index contributed by atoms with van der Waals surface area (Å²) in [5.74, 6) is 0.487. The van der Waals surface area contributed by atoms with E-state index in [9.17, 15) is 10.2 Å². The summed E-state index contributed by atoms with van der Waals surface area (Å²) in [7, 11) is 0. The first-order valence-electron chi connectivity index (χ1n) is 6.90. The van der Waals surface area contributed by atoms with Gasteiger partial charge in [0, 0.05) is 17.3 Å². The molecule has 0 spiro atoms. The Labute approximate surface area is 113 Å². The summed E-state index contributed by atoms with van der Waals surface area (Å²) in [6, 6.07) is 8.95. The molecule has 1 saturated heterocycles. The van der Waals surface area contributed by atoms with Crippen LogP contribution >= 0.6 is 0 Å². The molecule has 0 aliphatic carbocycles. The number of phenolic OH excluding ortho intramolecular Hbond substituents is 2. The molecule has 0 radical (unpaired) electrons. The van der Waals surface area contributed by atoms with E-state index in [0.29, 0.717) is 0 Å². The van der Waals surface area contributed by atoms with Gasteiger partial charge in [-0.2, -0.15) is 0 Å². The second-order valence-corrected chi connectivity index (χ2v) is 5.24. The van der Waals surface area contributed by atoms with Crippen molar-refractivity contribution in [2.75, 3.05) is 19.6 Å². The summed E-state index contributed by atoms with van der Waals surface area (Å²) < 4.78 is 0. The number of aromatic hydroxyl groups is 2. The molecule has 1 aliphatic heterocycles. The standard InChI is InChI=1S/C16H19NO2/c18-14-7-6-12(8-11-17-9-1-2-10-17)16-13(14)4-3-5-15(16)19/h3-7,18-19H,1-2,8-11H2. The van der Waals surface area contributed by atoms with Gasteiger partial charge in [-0.25, -0.2) is 0 Å². The molecule has 1 heterocycles. The van der Waals surface area contributed by atoms with Gasteiger partial charge in [-0.3, -0.25) is 0 Å². The number of fused-ring (bicyclic) bond motifs is 1. The van der Waals surface area contributed by atoms with Crippen molar-refractivity contribution in [1.82, 2.24) is 4.90 Å². The summed E-state index contributed by atoms with van der Waals surface area (Å²) in [6.07, 6.45) is 3.50. The van der Waals surface area contributed by atoms with Crippen LogP contribution in [0.15, 0.2) is 30.3 Å². The second kappa shape index (κ2) is 5.10. The van der Waals surface area contributed by atoms with Crippen LogP contribution in [0.25, 0.3) is 10.8 Å². The van der Waals surface area contributed by atoms with Crippen molar-refractivity contribution in [3.05, 3.63) is 35.9 Å². The summed E-state index contributed by atoms with van der Waals surface area (Å²) in [5.41, 5.74) is 1.11. The third-order valence-corrected chi connectivity index (χ3v) is 3.98. The van der Waals surface area contributed by atoms with Crippen molar-refractivity contribution in [1.29, 1.82) is 0 Å². The molecule has 3 nitrogen and oxygen atoms in total. The Bertz CT molecular complexity index is 589. The maximum Gasteiger partial charge on any atom is 0.123 e. The van der Waals surface area contributed by atoms with Crippen LogP contribution in [0.3, 0.4) is 0 Å². The van der Waals surface area contributed by atoms with Crippen LogP contribution < -0.4 is 0 Å². The minimum absolute atomic E-state index is 0.232. The lowest BCUT2D eigenvalue weighted by Gasteiger charge is -2.16. The first-order valence-corrected chi connectivity index (χ1v) is 6.90. The molecule has 1 fully saturated rings. The van der Waals surface area contributed by atoms with Gasteiger partial charge in [0.05, 0.1) is 0 Å². The van der Waals surface area contributed by atoms with E-state index in [2.05, 4.69) is 4.90 Å². The molecule has 0 aromatic heterocycles. The van der Waals surface area contributed by atoms with Gasteiger partial charge in [-0.1, -0.05) is 18.2 Å². The van der Waals surface area contributed by atoms with Gasteiger partial charge >= 0.3 is 0 Å². The molecule has 19 heavy (non-hydrogen) atoms. The number of likely N-dealkylation sites (tertiary alicyclic amines) is 1. The van der Waals surface area contributed by atoms with Crippen molar-refractivity contribution in [3.8, 4) is 11.5 Å². The summed E-state index contributed by atoms with van der Waals surface area (Å²) in [5, 5.41) is 21.5. The number of phenols is 2. The Morgan fingerprint density at radius 2 is 1.74 bits per heavy atom. The lowest BCUT2D eigenvalue weighted by atomic mass is 10.0. The molecular weight excluding hydrogens is 238 g/mol. The van der Waals surface area contributed by atoms with Crippen LogP contribution in [0.2, 0.25) is 0 Å². The molecule has 2 aromatic carbocycles. The Hall–Kier alpha value is -1.74. The molecule has 0 unspecified atom stereocenters. The topological polar surface area (TPSA) is 43.7 Å². The molecule has 2 N–H and O–H groups in total. The molecule has 0 bridgehead atoms. The molecule has 3 heteroatoms. The largest absolute Gasteiger partial charge is 0.507 e. The van der Waals surface area contributed by atoms with Gasteiger partial charge < -0.3 is 15.1 Å². The Morgan fingerprint density at radius 1 is 0.947 bits per heavy atom. The Kier molecular flexibility index (Phi) is 3.30. The van der Waals surface area contributed by atoms with Crippen molar-refractivity contribution >= 4 is 10.8 Å². The van der Waals surface area contributed by atoms with E-state index in [1.54, 1.807) is 18.2 Å². The van der Waals surface area contributed by atoms with Gasteiger partial charge in [-0.15, -0.1) is 0 Å². The smallest absolute Gasteiger partial charge is 0.123 e. The van der Waals surface area contributed by atoms with Gasteiger partial charge in [0.2, 0.25) is 0 Å². The van der Waals surface area contributed by atoms with E-state index in [4.69, 9.17) is 0 Å². The van der Waals surface area contributed by atoms with E-state index in [-0.39, 0.29) is 11.5 Å².